The van der Waals surface area contributed by atoms with Gasteiger partial charge >= 0.3 is 5.97 Å². The number of carbonyl (C=O) groups is 3. The molecular formula is C34H48N2O6. The van der Waals surface area contributed by atoms with Crippen LogP contribution < -0.4 is 20.1 Å². The number of hydrogen-bond donors (Lipinski definition) is 2. The highest BCUT2D eigenvalue weighted by Crippen LogP contribution is 2.56. The summed E-state index contributed by atoms with van der Waals surface area (Å²) in [5, 5.41) is 6.04. The summed E-state index contributed by atoms with van der Waals surface area (Å²) in [4.78, 5) is 42.9. The summed E-state index contributed by atoms with van der Waals surface area (Å²) in [7, 11) is 3.13. The topological polar surface area (TPSA) is 103 Å². The molecule has 8 heteroatoms. The molecule has 0 aromatic heterocycles. The summed E-state index contributed by atoms with van der Waals surface area (Å²) >= 11 is 0. The van der Waals surface area contributed by atoms with Gasteiger partial charge in [0.15, 0.2) is 5.41 Å². The van der Waals surface area contributed by atoms with Crippen LogP contribution in [0.1, 0.15) is 78.4 Å². The van der Waals surface area contributed by atoms with Crippen LogP contribution >= 0.6 is 0 Å². The zero-order valence-corrected chi connectivity index (χ0v) is 26.5. The Morgan fingerprint density at radius 1 is 0.929 bits per heavy atom. The Kier molecular flexibility index (Phi) is 10.7. The van der Waals surface area contributed by atoms with Crippen LogP contribution in [0.2, 0.25) is 0 Å². The largest absolute Gasteiger partial charge is 0.497 e. The molecule has 1 aliphatic carbocycles. The van der Waals surface area contributed by atoms with Gasteiger partial charge in [-0.25, -0.2) is 0 Å². The van der Waals surface area contributed by atoms with Crippen molar-refractivity contribution in [2.45, 2.75) is 85.9 Å². The Morgan fingerprint density at radius 3 is 2.14 bits per heavy atom. The normalized spacial score (nSPS) is 16.1. The third-order valence-corrected chi connectivity index (χ3v) is 7.84. The van der Waals surface area contributed by atoms with E-state index in [1.54, 1.807) is 47.1 Å². The molecule has 0 saturated heterocycles. The third kappa shape index (κ3) is 8.49. The van der Waals surface area contributed by atoms with Crippen LogP contribution in [0.25, 0.3) is 0 Å². The van der Waals surface area contributed by atoms with Gasteiger partial charge < -0.3 is 24.8 Å². The van der Waals surface area contributed by atoms with Crippen LogP contribution in [0.15, 0.2) is 48.5 Å². The van der Waals surface area contributed by atoms with Crippen molar-refractivity contribution in [3.63, 3.8) is 0 Å². The zero-order chi connectivity index (χ0) is 31.1. The summed E-state index contributed by atoms with van der Waals surface area (Å²) in [6, 6.07) is 14.9. The van der Waals surface area contributed by atoms with E-state index in [0.717, 1.165) is 24.0 Å². The highest BCUT2D eigenvalue weighted by molar-refractivity contribution is 6.07. The maximum Gasteiger partial charge on any atom is 0.323 e. The van der Waals surface area contributed by atoms with Gasteiger partial charge in [-0.15, -0.1) is 0 Å². The molecule has 1 fully saturated rings. The standard InChI is InChI=1S/C34H48N2O6/c1-23(2)18-27(29(37)35-21-25-14-15-26(40-7)19-28(25)41-8)34(22-33(6)16-17-33,31(39)42-32(3,4)5)30(38)36-20-24-12-10-9-11-13-24/h9-15,19,23,27H,16-18,20-22H2,1-8H3,(H,35,37)(H,36,38)/t27-,34?/m0/s1. The van der Waals surface area contributed by atoms with Crippen molar-refractivity contribution in [3.05, 3.63) is 59.7 Å². The molecule has 0 spiro atoms. The summed E-state index contributed by atoms with van der Waals surface area (Å²) in [6.45, 7) is 11.8. The second-order valence-electron chi connectivity index (χ2n) is 13.2. The molecule has 3 rings (SSSR count). The molecule has 0 heterocycles. The molecule has 8 nitrogen and oxygen atoms in total. The zero-order valence-electron chi connectivity index (χ0n) is 26.5. The van der Waals surface area contributed by atoms with Gasteiger partial charge in [0.25, 0.3) is 0 Å². The maximum absolute atomic E-state index is 14.4. The quantitative estimate of drug-likeness (QED) is 0.216. The number of esters is 1. The lowest BCUT2D eigenvalue weighted by molar-refractivity contribution is -0.180. The van der Waals surface area contributed by atoms with E-state index in [-0.39, 0.29) is 36.8 Å². The Bertz CT molecular complexity index is 1230. The fraction of sp³-hybridized carbons (Fsp3) is 0.559. The molecule has 1 aliphatic rings. The number of nitrogens with one attached hydrogen (secondary N) is 2. The van der Waals surface area contributed by atoms with E-state index < -0.39 is 28.8 Å². The average Bonchev–Trinajstić information content (AvgIpc) is 3.67. The highest BCUT2D eigenvalue weighted by Gasteiger charge is 2.61. The first-order chi connectivity index (χ1) is 19.7. The van der Waals surface area contributed by atoms with Gasteiger partial charge in [-0.3, -0.25) is 14.4 Å². The molecule has 1 saturated carbocycles. The molecule has 0 aliphatic heterocycles. The van der Waals surface area contributed by atoms with E-state index in [1.807, 2.05) is 50.2 Å². The lowest BCUT2D eigenvalue weighted by atomic mass is 9.65. The monoisotopic (exact) mass is 580 g/mol. The molecule has 0 radical (unpaired) electrons. The third-order valence-electron chi connectivity index (χ3n) is 7.84. The van der Waals surface area contributed by atoms with Gasteiger partial charge in [0, 0.05) is 24.7 Å². The van der Waals surface area contributed by atoms with E-state index in [4.69, 9.17) is 14.2 Å². The molecule has 1 unspecified atom stereocenters. The minimum Gasteiger partial charge on any atom is -0.497 e. The highest BCUT2D eigenvalue weighted by atomic mass is 16.6. The van der Waals surface area contributed by atoms with Crippen LogP contribution in [-0.4, -0.2) is 37.6 Å². The van der Waals surface area contributed by atoms with Crippen LogP contribution in [0.3, 0.4) is 0 Å². The van der Waals surface area contributed by atoms with Crippen LogP contribution in [0.5, 0.6) is 11.5 Å². The molecular weight excluding hydrogens is 532 g/mol. The molecule has 2 amide bonds. The number of carbonyl (C=O) groups excluding carboxylic acids is 3. The van der Waals surface area contributed by atoms with Crippen molar-refractivity contribution in [2.75, 3.05) is 14.2 Å². The molecule has 42 heavy (non-hydrogen) atoms. The predicted molar refractivity (Wildman–Crippen MR) is 163 cm³/mol. The van der Waals surface area contributed by atoms with Crippen molar-refractivity contribution in [3.8, 4) is 11.5 Å². The van der Waals surface area contributed by atoms with Gasteiger partial charge in [-0.2, -0.15) is 0 Å². The summed E-state index contributed by atoms with van der Waals surface area (Å²) in [5.41, 5.74) is -1.15. The summed E-state index contributed by atoms with van der Waals surface area (Å²) in [5.74, 6) is -1.22. The summed E-state index contributed by atoms with van der Waals surface area (Å²) in [6.07, 6.45) is 2.32. The van der Waals surface area contributed by atoms with E-state index >= 15 is 0 Å². The molecule has 230 valence electrons. The number of hydrogen-bond acceptors (Lipinski definition) is 6. The van der Waals surface area contributed by atoms with E-state index in [0.29, 0.717) is 17.9 Å². The van der Waals surface area contributed by atoms with Crippen molar-refractivity contribution < 1.29 is 28.6 Å². The second-order valence-corrected chi connectivity index (χ2v) is 13.2. The van der Waals surface area contributed by atoms with Gasteiger partial charge in [0.2, 0.25) is 11.8 Å². The Balaban J connectivity index is 2.05. The number of amides is 2. The van der Waals surface area contributed by atoms with E-state index in [2.05, 4.69) is 17.6 Å². The average molecular weight is 581 g/mol. The smallest absolute Gasteiger partial charge is 0.323 e. The molecule has 2 atom stereocenters. The fourth-order valence-electron chi connectivity index (χ4n) is 5.34. The number of methoxy groups -OCH3 is 2. The molecule has 0 bridgehead atoms. The van der Waals surface area contributed by atoms with Crippen LogP contribution in [-0.2, 0) is 32.2 Å². The molecule has 2 N–H and O–H groups in total. The number of rotatable bonds is 14. The first-order valence-corrected chi connectivity index (χ1v) is 14.8. The van der Waals surface area contributed by atoms with Crippen LogP contribution in [0.4, 0.5) is 0 Å². The maximum atomic E-state index is 14.4. The first-order valence-electron chi connectivity index (χ1n) is 14.8. The van der Waals surface area contributed by atoms with Crippen LogP contribution in [0, 0.1) is 22.7 Å². The SMILES string of the molecule is COc1ccc(CNC(=O)[C@H](CC(C)C)C(CC2(C)CC2)(C(=O)NCc2ccccc2)C(=O)OC(C)(C)C)c(OC)c1. The van der Waals surface area contributed by atoms with Crippen molar-refractivity contribution in [2.24, 2.45) is 22.7 Å². The summed E-state index contributed by atoms with van der Waals surface area (Å²) < 4.78 is 16.8. The Morgan fingerprint density at radius 2 is 1.60 bits per heavy atom. The first kappa shape index (κ1) is 33.0. The predicted octanol–water partition coefficient (Wildman–Crippen LogP) is 5.82. The van der Waals surface area contributed by atoms with Crippen molar-refractivity contribution in [1.29, 1.82) is 0 Å². The van der Waals surface area contributed by atoms with Gasteiger partial charge in [0.05, 0.1) is 20.1 Å². The van der Waals surface area contributed by atoms with E-state index in [9.17, 15) is 14.4 Å². The van der Waals surface area contributed by atoms with E-state index in [1.165, 1.54) is 0 Å². The van der Waals surface area contributed by atoms with Crippen molar-refractivity contribution >= 4 is 17.8 Å². The lowest BCUT2D eigenvalue weighted by Gasteiger charge is -2.40. The Hall–Kier alpha value is -3.55. The van der Waals surface area contributed by atoms with Gasteiger partial charge in [-0.1, -0.05) is 51.1 Å². The number of ether oxygens (including phenoxy) is 3. The lowest BCUT2D eigenvalue weighted by Crippen LogP contribution is -2.58. The molecule has 2 aromatic carbocycles. The minimum absolute atomic E-state index is 0.0343. The number of benzene rings is 2. The fourth-order valence-corrected chi connectivity index (χ4v) is 5.34. The second kappa shape index (κ2) is 13.6. The van der Waals surface area contributed by atoms with Gasteiger partial charge in [-0.05, 0) is 75.5 Å². The Labute approximate surface area is 250 Å². The van der Waals surface area contributed by atoms with Gasteiger partial charge in [0.1, 0.15) is 17.1 Å². The van der Waals surface area contributed by atoms with Crippen molar-refractivity contribution in [1.82, 2.24) is 10.6 Å². The minimum atomic E-state index is -1.72. The molecule has 2 aromatic rings.